The van der Waals surface area contributed by atoms with Crippen LogP contribution < -0.4 is 0 Å². The number of hydrogen-bond acceptors (Lipinski definition) is 2. The SMILES string of the molecule is C#CCC(O)CC1CCSCC1. The molecule has 0 amide bonds. The summed E-state index contributed by atoms with van der Waals surface area (Å²) in [6, 6.07) is 0. The highest BCUT2D eigenvalue weighted by molar-refractivity contribution is 7.99. The summed E-state index contributed by atoms with van der Waals surface area (Å²) in [5.41, 5.74) is 0. The predicted molar refractivity (Wildman–Crippen MR) is 54.1 cm³/mol. The summed E-state index contributed by atoms with van der Waals surface area (Å²) < 4.78 is 0. The average molecular weight is 184 g/mol. The first-order valence-electron chi connectivity index (χ1n) is 4.52. The van der Waals surface area contributed by atoms with Gasteiger partial charge < -0.3 is 5.11 Å². The fraction of sp³-hybridized carbons (Fsp3) is 0.800. The van der Waals surface area contributed by atoms with Gasteiger partial charge in [-0.1, -0.05) is 0 Å². The molecular weight excluding hydrogens is 168 g/mol. The zero-order chi connectivity index (χ0) is 8.81. The monoisotopic (exact) mass is 184 g/mol. The molecule has 68 valence electrons. The molecule has 1 fully saturated rings. The van der Waals surface area contributed by atoms with Crippen LogP contribution in [-0.4, -0.2) is 22.7 Å². The van der Waals surface area contributed by atoms with Crippen molar-refractivity contribution < 1.29 is 5.11 Å². The van der Waals surface area contributed by atoms with Gasteiger partial charge in [-0.25, -0.2) is 0 Å². The molecule has 0 aliphatic carbocycles. The smallest absolute Gasteiger partial charge is 0.0651 e. The minimum Gasteiger partial charge on any atom is -0.392 e. The van der Waals surface area contributed by atoms with Crippen LogP contribution in [0.4, 0.5) is 0 Å². The topological polar surface area (TPSA) is 20.2 Å². The highest BCUT2D eigenvalue weighted by atomic mass is 32.2. The van der Waals surface area contributed by atoms with Crippen LogP contribution in [0.15, 0.2) is 0 Å². The lowest BCUT2D eigenvalue weighted by atomic mass is 9.94. The second-order valence-electron chi connectivity index (χ2n) is 3.35. The maximum atomic E-state index is 9.45. The van der Waals surface area contributed by atoms with E-state index >= 15 is 0 Å². The summed E-state index contributed by atoms with van der Waals surface area (Å²) in [5, 5.41) is 9.45. The maximum absolute atomic E-state index is 9.45. The van der Waals surface area contributed by atoms with E-state index < -0.39 is 0 Å². The summed E-state index contributed by atoms with van der Waals surface area (Å²) in [7, 11) is 0. The first-order valence-corrected chi connectivity index (χ1v) is 5.67. The third kappa shape index (κ3) is 3.51. The van der Waals surface area contributed by atoms with Crippen LogP contribution in [0, 0.1) is 18.3 Å². The van der Waals surface area contributed by atoms with Gasteiger partial charge in [0.1, 0.15) is 0 Å². The summed E-state index contributed by atoms with van der Waals surface area (Å²) in [6.45, 7) is 0. The Morgan fingerprint density at radius 1 is 1.50 bits per heavy atom. The Labute approximate surface area is 78.9 Å². The molecule has 1 rings (SSSR count). The van der Waals surface area contributed by atoms with Crippen molar-refractivity contribution in [2.45, 2.75) is 31.8 Å². The van der Waals surface area contributed by atoms with E-state index in [0.29, 0.717) is 6.42 Å². The third-order valence-corrected chi connectivity index (χ3v) is 3.35. The van der Waals surface area contributed by atoms with Crippen LogP contribution in [-0.2, 0) is 0 Å². The van der Waals surface area contributed by atoms with E-state index in [9.17, 15) is 5.11 Å². The van der Waals surface area contributed by atoms with Crippen molar-refractivity contribution in [1.29, 1.82) is 0 Å². The van der Waals surface area contributed by atoms with Crippen molar-refractivity contribution in [2.24, 2.45) is 5.92 Å². The second-order valence-corrected chi connectivity index (χ2v) is 4.58. The van der Waals surface area contributed by atoms with Crippen molar-refractivity contribution >= 4 is 11.8 Å². The second kappa shape index (κ2) is 5.50. The van der Waals surface area contributed by atoms with Crippen LogP contribution in [0.5, 0.6) is 0 Å². The normalized spacial score (nSPS) is 21.7. The molecule has 0 spiro atoms. The number of rotatable bonds is 3. The Hall–Kier alpha value is -0.130. The van der Waals surface area contributed by atoms with Gasteiger partial charge in [0.25, 0.3) is 0 Å². The van der Waals surface area contributed by atoms with E-state index in [1.54, 1.807) is 0 Å². The van der Waals surface area contributed by atoms with Crippen LogP contribution in [0.1, 0.15) is 25.7 Å². The van der Waals surface area contributed by atoms with Crippen LogP contribution in [0.25, 0.3) is 0 Å². The number of terminal acetylenes is 1. The molecule has 1 saturated heterocycles. The maximum Gasteiger partial charge on any atom is 0.0651 e. The first-order chi connectivity index (χ1) is 5.83. The summed E-state index contributed by atoms with van der Waals surface area (Å²) in [4.78, 5) is 0. The largest absolute Gasteiger partial charge is 0.392 e. The Morgan fingerprint density at radius 3 is 2.75 bits per heavy atom. The molecular formula is C10H16OS. The number of aliphatic hydroxyl groups excluding tert-OH is 1. The third-order valence-electron chi connectivity index (χ3n) is 2.30. The molecule has 0 aromatic carbocycles. The predicted octanol–water partition coefficient (Wildman–Crippen LogP) is 1.90. The fourth-order valence-corrected chi connectivity index (χ4v) is 2.79. The van der Waals surface area contributed by atoms with E-state index in [0.717, 1.165) is 12.3 Å². The van der Waals surface area contributed by atoms with Gasteiger partial charge in [0.15, 0.2) is 0 Å². The van der Waals surface area contributed by atoms with E-state index in [2.05, 4.69) is 5.92 Å². The first kappa shape index (κ1) is 9.95. The lowest BCUT2D eigenvalue weighted by Gasteiger charge is -2.22. The molecule has 2 heteroatoms. The van der Waals surface area contributed by atoms with E-state index in [-0.39, 0.29) is 6.10 Å². The Morgan fingerprint density at radius 2 is 2.17 bits per heavy atom. The van der Waals surface area contributed by atoms with Crippen LogP contribution in [0.2, 0.25) is 0 Å². The van der Waals surface area contributed by atoms with Gasteiger partial charge in [0.2, 0.25) is 0 Å². The van der Waals surface area contributed by atoms with E-state index in [1.807, 2.05) is 11.8 Å². The van der Waals surface area contributed by atoms with Gasteiger partial charge in [0.05, 0.1) is 6.10 Å². The van der Waals surface area contributed by atoms with Crippen LogP contribution in [0.3, 0.4) is 0 Å². The molecule has 1 atom stereocenters. The number of thioether (sulfide) groups is 1. The van der Waals surface area contributed by atoms with Crippen molar-refractivity contribution in [1.82, 2.24) is 0 Å². The van der Waals surface area contributed by atoms with Gasteiger partial charge in [0, 0.05) is 6.42 Å². The average Bonchev–Trinajstić information content (AvgIpc) is 2.06. The molecule has 1 aliphatic heterocycles. The highest BCUT2D eigenvalue weighted by Crippen LogP contribution is 2.26. The van der Waals surface area contributed by atoms with Crippen LogP contribution >= 0.6 is 11.8 Å². The lowest BCUT2D eigenvalue weighted by Crippen LogP contribution is -2.17. The molecule has 12 heavy (non-hydrogen) atoms. The quantitative estimate of drug-likeness (QED) is 0.676. The molecule has 1 heterocycles. The van der Waals surface area contributed by atoms with Gasteiger partial charge in [-0.3, -0.25) is 0 Å². The summed E-state index contributed by atoms with van der Waals surface area (Å²) in [5.74, 6) is 5.73. The molecule has 1 unspecified atom stereocenters. The molecule has 0 radical (unpaired) electrons. The minimum atomic E-state index is -0.261. The Balaban J connectivity index is 2.16. The summed E-state index contributed by atoms with van der Waals surface area (Å²) >= 11 is 2.02. The lowest BCUT2D eigenvalue weighted by molar-refractivity contribution is 0.144. The minimum absolute atomic E-state index is 0.261. The van der Waals surface area contributed by atoms with Gasteiger partial charge in [-0.05, 0) is 36.7 Å². The molecule has 0 aromatic heterocycles. The van der Waals surface area contributed by atoms with Gasteiger partial charge in [-0.15, -0.1) is 12.3 Å². The molecule has 1 nitrogen and oxygen atoms in total. The Bertz CT molecular complexity index is 156. The summed E-state index contributed by atoms with van der Waals surface area (Å²) in [6.07, 6.45) is 8.80. The van der Waals surface area contributed by atoms with Crippen molar-refractivity contribution in [3.63, 3.8) is 0 Å². The van der Waals surface area contributed by atoms with Gasteiger partial charge in [-0.2, -0.15) is 11.8 Å². The fourth-order valence-electron chi connectivity index (χ4n) is 1.59. The van der Waals surface area contributed by atoms with E-state index in [1.165, 1.54) is 24.3 Å². The molecule has 1 aliphatic rings. The van der Waals surface area contributed by atoms with Crippen molar-refractivity contribution in [3.8, 4) is 12.3 Å². The number of aliphatic hydroxyl groups is 1. The zero-order valence-corrected chi connectivity index (χ0v) is 8.15. The number of hydrogen-bond donors (Lipinski definition) is 1. The van der Waals surface area contributed by atoms with Gasteiger partial charge >= 0.3 is 0 Å². The standard InChI is InChI=1S/C10H16OS/c1-2-3-10(11)8-9-4-6-12-7-5-9/h1,9-11H,3-8H2. The Kier molecular flexibility index (Phi) is 4.57. The molecule has 1 N–H and O–H groups in total. The zero-order valence-electron chi connectivity index (χ0n) is 7.33. The van der Waals surface area contributed by atoms with Crippen molar-refractivity contribution in [2.75, 3.05) is 11.5 Å². The highest BCUT2D eigenvalue weighted by Gasteiger charge is 2.16. The molecule has 0 bridgehead atoms. The molecule has 0 saturated carbocycles. The van der Waals surface area contributed by atoms with E-state index in [4.69, 9.17) is 6.42 Å². The van der Waals surface area contributed by atoms with Crippen molar-refractivity contribution in [3.05, 3.63) is 0 Å². The molecule has 0 aromatic rings.